The maximum absolute atomic E-state index is 11.0. The van der Waals surface area contributed by atoms with Gasteiger partial charge in [-0.15, -0.1) is 0 Å². The number of carboxylic acids is 1. The van der Waals surface area contributed by atoms with Crippen LogP contribution >= 0.6 is 0 Å². The fourth-order valence-corrected chi connectivity index (χ4v) is 2.71. The van der Waals surface area contributed by atoms with Crippen molar-refractivity contribution >= 4 is 11.7 Å². The highest BCUT2D eigenvalue weighted by atomic mass is 16.5. The summed E-state index contributed by atoms with van der Waals surface area (Å²) >= 11 is 0. The van der Waals surface area contributed by atoms with Crippen molar-refractivity contribution in [3.8, 4) is 16.9 Å². The van der Waals surface area contributed by atoms with Crippen LogP contribution in [-0.2, 0) is 4.79 Å². The van der Waals surface area contributed by atoms with Gasteiger partial charge in [0.2, 0.25) is 0 Å². The van der Waals surface area contributed by atoms with Crippen molar-refractivity contribution in [3.63, 3.8) is 0 Å². The summed E-state index contributed by atoms with van der Waals surface area (Å²) in [5.74, 6) is -0.0576. The molecule has 122 valence electrons. The van der Waals surface area contributed by atoms with Gasteiger partial charge in [0, 0.05) is 30.9 Å². The number of hydrogen-bond donors (Lipinski definition) is 1. The van der Waals surface area contributed by atoms with Gasteiger partial charge in [0.05, 0.1) is 13.5 Å². The number of methoxy groups -OCH3 is 1. The molecule has 1 N–H and O–H groups in total. The lowest BCUT2D eigenvalue weighted by molar-refractivity contribution is -0.137. The minimum absolute atomic E-state index is 0.0522. The summed E-state index contributed by atoms with van der Waals surface area (Å²) in [6.45, 7) is 1.93. The van der Waals surface area contributed by atoms with Crippen molar-refractivity contribution in [2.45, 2.75) is 19.3 Å². The predicted octanol–water partition coefficient (Wildman–Crippen LogP) is 4.01. The SMILES string of the molecule is COc1ccc(C(C)CC(=O)O)cc1-c1ccccc1N(C)C. The summed E-state index contributed by atoms with van der Waals surface area (Å²) in [7, 11) is 5.65. The molecule has 0 saturated heterocycles. The van der Waals surface area contributed by atoms with Crippen LogP contribution < -0.4 is 9.64 Å². The zero-order valence-corrected chi connectivity index (χ0v) is 14.0. The second-order valence-electron chi connectivity index (χ2n) is 5.87. The molecule has 0 bridgehead atoms. The molecule has 0 aliphatic heterocycles. The summed E-state index contributed by atoms with van der Waals surface area (Å²) in [6, 6.07) is 14.0. The lowest BCUT2D eigenvalue weighted by Gasteiger charge is -2.20. The highest BCUT2D eigenvalue weighted by molar-refractivity contribution is 5.82. The zero-order valence-electron chi connectivity index (χ0n) is 14.0. The van der Waals surface area contributed by atoms with E-state index in [2.05, 4.69) is 17.0 Å². The Bertz CT molecular complexity index is 695. The second-order valence-corrected chi connectivity index (χ2v) is 5.87. The third kappa shape index (κ3) is 3.83. The molecule has 0 heterocycles. The number of rotatable bonds is 6. The molecule has 1 atom stereocenters. The number of anilines is 1. The number of carboxylic acid groups (broad SMARTS) is 1. The van der Waals surface area contributed by atoms with Crippen LogP contribution in [0.25, 0.3) is 11.1 Å². The largest absolute Gasteiger partial charge is 0.496 e. The highest BCUT2D eigenvalue weighted by Crippen LogP contribution is 2.38. The van der Waals surface area contributed by atoms with Crippen LogP contribution in [0.15, 0.2) is 42.5 Å². The maximum atomic E-state index is 11.0. The summed E-state index contributed by atoms with van der Waals surface area (Å²) in [5, 5.41) is 9.02. The minimum Gasteiger partial charge on any atom is -0.496 e. The first-order valence-corrected chi connectivity index (χ1v) is 7.60. The van der Waals surface area contributed by atoms with Gasteiger partial charge in [-0.3, -0.25) is 4.79 Å². The molecule has 0 fully saturated rings. The van der Waals surface area contributed by atoms with Gasteiger partial charge in [-0.1, -0.05) is 31.2 Å². The van der Waals surface area contributed by atoms with Gasteiger partial charge in [0.15, 0.2) is 0 Å². The average molecular weight is 313 g/mol. The average Bonchev–Trinajstić information content (AvgIpc) is 2.53. The number of carbonyl (C=O) groups is 1. The first kappa shape index (κ1) is 16.9. The first-order chi connectivity index (χ1) is 10.9. The van der Waals surface area contributed by atoms with Gasteiger partial charge in [-0.2, -0.15) is 0 Å². The summed E-state index contributed by atoms with van der Waals surface area (Å²) < 4.78 is 5.52. The van der Waals surface area contributed by atoms with E-state index in [-0.39, 0.29) is 12.3 Å². The predicted molar refractivity (Wildman–Crippen MR) is 93.4 cm³/mol. The van der Waals surface area contributed by atoms with Crippen LogP contribution in [0.2, 0.25) is 0 Å². The fourth-order valence-electron chi connectivity index (χ4n) is 2.71. The van der Waals surface area contributed by atoms with Crippen LogP contribution in [0, 0.1) is 0 Å². The summed E-state index contributed by atoms with van der Waals surface area (Å²) in [4.78, 5) is 13.0. The van der Waals surface area contributed by atoms with E-state index in [0.29, 0.717) is 0 Å². The van der Waals surface area contributed by atoms with Crippen molar-refractivity contribution in [2.75, 3.05) is 26.1 Å². The van der Waals surface area contributed by atoms with E-state index in [1.807, 2.05) is 51.4 Å². The van der Waals surface area contributed by atoms with Crippen LogP contribution in [0.3, 0.4) is 0 Å². The van der Waals surface area contributed by atoms with Crippen LogP contribution in [0.1, 0.15) is 24.8 Å². The van der Waals surface area contributed by atoms with E-state index in [1.165, 1.54) is 0 Å². The van der Waals surface area contributed by atoms with E-state index in [1.54, 1.807) is 7.11 Å². The normalized spacial score (nSPS) is 11.8. The Hall–Kier alpha value is -2.49. The van der Waals surface area contributed by atoms with Gasteiger partial charge in [0.1, 0.15) is 5.75 Å². The molecule has 0 amide bonds. The Kier molecular flexibility index (Phi) is 5.27. The van der Waals surface area contributed by atoms with E-state index in [4.69, 9.17) is 9.84 Å². The monoisotopic (exact) mass is 313 g/mol. The molecule has 0 radical (unpaired) electrons. The molecular weight excluding hydrogens is 290 g/mol. The van der Waals surface area contributed by atoms with Crippen molar-refractivity contribution in [1.29, 1.82) is 0 Å². The lowest BCUT2D eigenvalue weighted by atomic mass is 9.93. The molecule has 4 heteroatoms. The Balaban J connectivity index is 2.55. The van der Waals surface area contributed by atoms with Gasteiger partial charge in [-0.05, 0) is 29.7 Å². The van der Waals surface area contributed by atoms with Crippen LogP contribution in [0.4, 0.5) is 5.69 Å². The Morgan fingerprint density at radius 2 is 1.87 bits per heavy atom. The number of aliphatic carboxylic acids is 1. The highest BCUT2D eigenvalue weighted by Gasteiger charge is 2.16. The zero-order chi connectivity index (χ0) is 17.0. The summed E-state index contributed by atoms with van der Waals surface area (Å²) in [5.41, 5.74) is 4.14. The van der Waals surface area contributed by atoms with Crippen LogP contribution in [-0.4, -0.2) is 32.3 Å². The van der Waals surface area contributed by atoms with Crippen molar-refractivity contribution in [3.05, 3.63) is 48.0 Å². The maximum Gasteiger partial charge on any atom is 0.303 e. The smallest absolute Gasteiger partial charge is 0.303 e. The quantitative estimate of drug-likeness (QED) is 0.875. The van der Waals surface area contributed by atoms with Gasteiger partial charge in [-0.25, -0.2) is 0 Å². The minimum atomic E-state index is -0.788. The number of ether oxygens (including phenoxy) is 1. The fraction of sp³-hybridized carbons (Fsp3) is 0.316. The van der Waals surface area contributed by atoms with Crippen molar-refractivity contribution in [1.82, 2.24) is 0 Å². The molecule has 0 aliphatic rings. The van der Waals surface area contributed by atoms with Crippen molar-refractivity contribution in [2.24, 2.45) is 0 Å². The molecule has 2 aromatic rings. The number of nitrogens with zero attached hydrogens (tertiary/aromatic N) is 1. The molecule has 0 aromatic heterocycles. The van der Waals surface area contributed by atoms with Gasteiger partial charge >= 0.3 is 5.97 Å². The third-order valence-electron chi connectivity index (χ3n) is 3.95. The van der Waals surface area contributed by atoms with Gasteiger partial charge in [0.25, 0.3) is 0 Å². The molecule has 0 aliphatic carbocycles. The molecular formula is C19H23NO3. The molecule has 1 unspecified atom stereocenters. The Morgan fingerprint density at radius 3 is 2.48 bits per heavy atom. The first-order valence-electron chi connectivity index (χ1n) is 7.60. The molecule has 23 heavy (non-hydrogen) atoms. The number of para-hydroxylation sites is 1. The van der Waals surface area contributed by atoms with Crippen molar-refractivity contribution < 1.29 is 14.6 Å². The van der Waals surface area contributed by atoms with E-state index in [0.717, 1.165) is 28.1 Å². The Labute approximate surface area is 137 Å². The molecule has 0 spiro atoms. The number of benzene rings is 2. The standard InChI is InChI=1S/C19H23NO3/c1-13(11-19(21)22)14-9-10-18(23-4)16(12-14)15-7-5-6-8-17(15)20(2)3/h5-10,12-13H,11H2,1-4H3,(H,21,22). The summed E-state index contributed by atoms with van der Waals surface area (Å²) in [6.07, 6.45) is 0.112. The molecule has 0 saturated carbocycles. The van der Waals surface area contributed by atoms with E-state index < -0.39 is 5.97 Å². The Morgan fingerprint density at radius 1 is 1.17 bits per heavy atom. The van der Waals surface area contributed by atoms with E-state index in [9.17, 15) is 4.79 Å². The second kappa shape index (κ2) is 7.18. The van der Waals surface area contributed by atoms with E-state index >= 15 is 0 Å². The van der Waals surface area contributed by atoms with Gasteiger partial charge < -0.3 is 14.7 Å². The number of hydrogen-bond acceptors (Lipinski definition) is 3. The molecule has 2 aromatic carbocycles. The molecule has 2 rings (SSSR count). The topological polar surface area (TPSA) is 49.8 Å². The third-order valence-corrected chi connectivity index (χ3v) is 3.95. The molecule has 4 nitrogen and oxygen atoms in total. The lowest BCUT2D eigenvalue weighted by Crippen LogP contribution is -2.10. The van der Waals surface area contributed by atoms with Crippen LogP contribution in [0.5, 0.6) is 5.75 Å².